The number of carbonyl (C=O) groups excluding carboxylic acids is 2. The number of ether oxygens (including phenoxy) is 2. The Morgan fingerprint density at radius 1 is 0.761 bits per heavy atom. The van der Waals surface area contributed by atoms with E-state index in [-0.39, 0.29) is 23.1 Å². The van der Waals surface area contributed by atoms with Gasteiger partial charge < -0.3 is 19.3 Å². The van der Waals surface area contributed by atoms with Gasteiger partial charge in [-0.05, 0) is 24.7 Å². The van der Waals surface area contributed by atoms with Crippen molar-refractivity contribution in [3.05, 3.63) is 31.2 Å². The highest BCUT2D eigenvalue weighted by Gasteiger charge is 2.40. The lowest BCUT2D eigenvalue weighted by Crippen LogP contribution is -2.23. The molecule has 2 heterocycles. The van der Waals surface area contributed by atoms with Gasteiger partial charge in [0.25, 0.3) is 17.5 Å². The summed E-state index contributed by atoms with van der Waals surface area (Å²) in [6, 6.07) is 2.15. The van der Waals surface area contributed by atoms with E-state index in [1.54, 1.807) is 28.2 Å². The molecule has 0 saturated carbocycles. The SMILES string of the molecule is [C-]#[N+]C(C(=O)N(C)C)=C1Sc2c(OCC(CC)CCCC)c3c(c(OCC(CC)CCCC)c2S1)SC(=C(C#N)C(=O)N(C)C)S3. The van der Waals surface area contributed by atoms with Gasteiger partial charge in [0.2, 0.25) is 0 Å². The Bertz CT molecular complexity index is 1290. The minimum atomic E-state index is -0.350. The Balaban J connectivity index is 2.25. The maximum atomic E-state index is 13.0. The van der Waals surface area contributed by atoms with Gasteiger partial charge >= 0.3 is 0 Å². The van der Waals surface area contributed by atoms with Crippen LogP contribution in [0.25, 0.3) is 4.85 Å². The zero-order chi connectivity index (χ0) is 34.0. The summed E-state index contributed by atoms with van der Waals surface area (Å²) in [5, 5.41) is 10.1. The first-order chi connectivity index (χ1) is 22.1. The monoisotopic (exact) mass is 702 g/mol. The average molecular weight is 703 g/mol. The van der Waals surface area contributed by atoms with Crippen LogP contribution in [0.3, 0.4) is 0 Å². The van der Waals surface area contributed by atoms with Gasteiger partial charge in [-0.3, -0.25) is 9.59 Å². The molecule has 2 aliphatic heterocycles. The van der Waals surface area contributed by atoms with Crippen molar-refractivity contribution in [1.29, 1.82) is 5.26 Å². The van der Waals surface area contributed by atoms with Crippen LogP contribution in [0.2, 0.25) is 0 Å². The zero-order valence-electron chi connectivity index (χ0n) is 28.3. The number of thioether (sulfide) groups is 4. The van der Waals surface area contributed by atoms with Crippen molar-refractivity contribution in [1.82, 2.24) is 9.80 Å². The molecule has 0 spiro atoms. The summed E-state index contributed by atoms with van der Waals surface area (Å²) in [4.78, 5) is 35.9. The van der Waals surface area contributed by atoms with Crippen molar-refractivity contribution in [3.8, 4) is 17.6 Å². The molecule has 46 heavy (non-hydrogen) atoms. The van der Waals surface area contributed by atoms with E-state index < -0.39 is 0 Å². The molecule has 3 rings (SSSR count). The summed E-state index contributed by atoms with van der Waals surface area (Å²) in [7, 11) is 6.58. The van der Waals surface area contributed by atoms with Crippen molar-refractivity contribution in [2.24, 2.45) is 11.8 Å². The highest BCUT2D eigenvalue weighted by atomic mass is 32.2. The molecule has 0 bridgehead atoms. The van der Waals surface area contributed by atoms with Crippen LogP contribution in [-0.4, -0.2) is 63.0 Å². The number of likely N-dealkylation sites (N-methyl/N-ethyl adjacent to an activating group) is 2. The van der Waals surface area contributed by atoms with E-state index in [0.29, 0.717) is 45.0 Å². The van der Waals surface area contributed by atoms with Crippen molar-refractivity contribution in [2.45, 2.75) is 98.6 Å². The first kappa shape index (κ1) is 38.1. The smallest absolute Gasteiger partial charge is 0.270 e. The number of nitrogens with zero attached hydrogens (tertiary/aromatic N) is 4. The largest absolute Gasteiger partial charge is 0.491 e. The predicted octanol–water partition coefficient (Wildman–Crippen LogP) is 9.27. The minimum absolute atomic E-state index is 0.0706. The Morgan fingerprint density at radius 2 is 1.17 bits per heavy atom. The van der Waals surface area contributed by atoms with E-state index in [9.17, 15) is 14.9 Å². The fourth-order valence-corrected chi connectivity index (χ4v) is 10.2. The molecule has 2 unspecified atom stereocenters. The van der Waals surface area contributed by atoms with Crippen molar-refractivity contribution in [2.75, 3.05) is 41.4 Å². The fraction of sp³-hybridized carbons (Fsp3) is 0.588. The number of carbonyl (C=O) groups is 2. The summed E-state index contributed by atoms with van der Waals surface area (Å²) >= 11 is 5.50. The van der Waals surface area contributed by atoms with Crippen LogP contribution < -0.4 is 9.47 Å². The van der Waals surface area contributed by atoms with Gasteiger partial charge in [-0.15, -0.1) is 0 Å². The third-order valence-electron chi connectivity index (χ3n) is 7.88. The molecule has 2 amide bonds. The molecule has 250 valence electrons. The van der Waals surface area contributed by atoms with Gasteiger partial charge in [-0.1, -0.05) is 113 Å². The Morgan fingerprint density at radius 3 is 1.50 bits per heavy atom. The van der Waals surface area contributed by atoms with Crippen LogP contribution in [0, 0.1) is 29.7 Å². The number of hydrogen-bond donors (Lipinski definition) is 0. The Labute approximate surface area is 292 Å². The minimum Gasteiger partial charge on any atom is -0.491 e. The fourth-order valence-electron chi connectivity index (χ4n) is 4.86. The second-order valence-electron chi connectivity index (χ2n) is 11.8. The molecule has 12 heteroatoms. The second kappa shape index (κ2) is 18.2. The molecule has 1 aromatic rings. The first-order valence-corrected chi connectivity index (χ1v) is 19.2. The lowest BCUT2D eigenvalue weighted by molar-refractivity contribution is -0.125. The van der Waals surface area contributed by atoms with Crippen molar-refractivity contribution in [3.63, 3.8) is 0 Å². The van der Waals surface area contributed by atoms with Gasteiger partial charge in [0.05, 0.1) is 47.8 Å². The highest BCUT2D eigenvalue weighted by Crippen LogP contribution is 2.68. The topological polar surface area (TPSA) is 87.2 Å². The number of unbranched alkanes of at least 4 members (excludes halogenated alkanes) is 2. The molecule has 0 aromatic heterocycles. The number of nitriles is 1. The van der Waals surface area contributed by atoms with Crippen molar-refractivity contribution >= 4 is 58.9 Å². The predicted molar refractivity (Wildman–Crippen MR) is 191 cm³/mol. The number of hydrogen-bond acceptors (Lipinski definition) is 9. The standard InChI is InChI=1S/C34H46N4O4S4/c1-10-14-16-21(12-3)19-41-25-27-28(44-33(43-27)23(18-35)31(39)37(6)7)26(42-20-22(13-4)17-15-11-2)30-29(25)45-34(46-30)24(36-5)32(40)38(8)9/h21-22H,10-17,19-20H2,1-4,6-9H3. The molecule has 0 saturated heterocycles. The lowest BCUT2D eigenvalue weighted by atomic mass is 10.0. The highest BCUT2D eigenvalue weighted by molar-refractivity contribution is 8.26. The van der Waals surface area contributed by atoms with Crippen LogP contribution in [0.1, 0.15) is 79.1 Å². The number of benzene rings is 1. The maximum absolute atomic E-state index is 13.0. The molecule has 8 nitrogen and oxygen atoms in total. The average Bonchev–Trinajstić information content (AvgIpc) is 3.67. The summed E-state index contributed by atoms with van der Waals surface area (Å²) in [6.07, 6.45) is 8.55. The molecule has 2 aliphatic rings. The van der Waals surface area contributed by atoms with E-state index in [1.807, 2.05) is 0 Å². The van der Waals surface area contributed by atoms with Gasteiger partial charge in [-0.2, -0.15) is 5.26 Å². The lowest BCUT2D eigenvalue weighted by Gasteiger charge is -2.22. The number of rotatable bonds is 16. The molecule has 2 atom stereocenters. The Kier molecular flexibility index (Phi) is 15.1. The van der Waals surface area contributed by atoms with Crippen LogP contribution in [0.15, 0.2) is 39.3 Å². The number of amides is 2. The quantitative estimate of drug-likeness (QED) is 0.0950. The number of fused-ring (bicyclic) bond motifs is 2. The first-order valence-electron chi connectivity index (χ1n) is 16.0. The van der Waals surface area contributed by atoms with E-state index in [2.05, 4.69) is 38.6 Å². The molecule has 0 fully saturated rings. The van der Waals surface area contributed by atoms with E-state index in [1.165, 1.54) is 56.8 Å². The Hall–Kier alpha value is -2.38. The molecule has 0 N–H and O–H groups in total. The van der Waals surface area contributed by atoms with Crippen molar-refractivity contribution < 1.29 is 19.1 Å². The molecular formula is C34H46N4O4S4. The summed E-state index contributed by atoms with van der Waals surface area (Å²) in [6.45, 7) is 17.6. The summed E-state index contributed by atoms with van der Waals surface area (Å²) < 4.78 is 14.6. The molecule has 0 aliphatic carbocycles. The zero-order valence-corrected chi connectivity index (χ0v) is 31.5. The van der Waals surface area contributed by atoms with Crippen LogP contribution in [0.5, 0.6) is 11.5 Å². The van der Waals surface area contributed by atoms with E-state index in [0.717, 1.165) is 70.9 Å². The third kappa shape index (κ3) is 8.94. The van der Waals surface area contributed by atoms with Crippen LogP contribution in [0.4, 0.5) is 0 Å². The van der Waals surface area contributed by atoms with Crippen LogP contribution in [-0.2, 0) is 9.59 Å². The molecule has 0 radical (unpaired) electrons. The van der Waals surface area contributed by atoms with Gasteiger partial charge in [0.1, 0.15) is 23.1 Å². The van der Waals surface area contributed by atoms with Crippen LogP contribution >= 0.6 is 47.0 Å². The molecule has 1 aromatic carbocycles. The second-order valence-corrected chi connectivity index (χ2v) is 16.4. The normalized spacial score (nSPS) is 14.5. The summed E-state index contributed by atoms with van der Waals surface area (Å²) in [5.74, 6) is 1.38. The van der Waals surface area contributed by atoms with E-state index >= 15 is 0 Å². The van der Waals surface area contributed by atoms with Gasteiger partial charge in [0.15, 0.2) is 0 Å². The van der Waals surface area contributed by atoms with Gasteiger partial charge in [-0.25, -0.2) is 4.85 Å². The third-order valence-corrected chi connectivity index (χ3v) is 13.0. The maximum Gasteiger partial charge on any atom is 0.270 e. The van der Waals surface area contributed by atoms with E-state index in [4.69, 9.17) is 16.0 Å². The molecular weight excluding hydrogens is 657 g/mol. The van der Waals surface area contributed by atoms with Gasteiger partial charge in [0, 0.05) is 28.2 Å². The summed E-state index contributed by atoms with van der Waals surface area (Å²) in [5.41, 5.74) is 0.158.